The molecular weight excluding hydrogens is 494 g/mol. The summed E-state index contributed by atoms with van der Waals surface area (Å²) in [5.74, 6) is 0.660. The van der Waals surface area contributed by atoms with Crippen LogP contribution in [0.25, 0.3) is 0 Å². The van der Waals surface area contributed by atoms with Gasteiger partial charge in [0.25, 0.3) is 0 Å². The molecule has 3 aromatic carbocycles. The van der Waals surface area contributed by atoms with E-state index in [1.54, 1.807) is 12.1 Å². The van der Waals surface area contributed by atoms with Crippen LogP contribution in [-0.2, 0) is 32.1 Å². The molecule has 0 amide bonds. The highest BCUT2D eigenvalue weighted by Gasteiger charge is 2.21. The van der Waals surface area contributed by atoms with Crippen LogP contribution in [0, 0.1) is 23.5 Å². The molecule has 0 atom stereocenters. The molecule has 0 N–H and O–H groups in total. The Morgan fingerprint density at radius 3 is 1.63 bits per heavy atom. The van der Waals surface area contributed by atoms with Crippen molar-refractivity contribution in [3.05, 3.63) is 105 Å². The molecule has 4 rings (SSSR count). The van der Waals surface area contributed by atoms with Crippen molar-refractivity contribution >= 4 is 11.6 Å². The second-order valence-electron chi connectivity index (χ2n) is 11.4. The SMILES string of the molecule is CCCCCc1ccc(CCC2CCC(CCc3cc(F)c(CCc4ccc(Cl)cc4)c(F)c3)CC2)cc1. The minimum Gasteiger partial charge on any atom is -0.207 e. The first-order valence-electron chi connectivity index (χ1n) is 14.8. The first-order chi connectivity index (χ1) is 18.5. The van der Waals surface area contributed by atoms with E-state index >= 15 is 0 Å². The molecule has 0 saturated heterocycles. The van der Waals surface area contributed by atoms with Crippen molar-refractivity contribution < 1.29 is 8.78 Å². The van der Waals surface area contributed by atoms with Crippen LogP contribution in [0.3, 0.4) is 0 Å². The van der Waals surface area contributed by atoms with E-state index in [-0.39, 0.29) is 5.56 Å². The number of benzene rings is 3. The molecule has 3 aromatic rings. The van der Waals surface area contributed by atoms with Crippen molar-refractivity contribution in [3.63, 3.8) is 0 Å². The molecule has 0 aliphatic heterocycles. The fourth-order valence-electron chi connectivity index (χ4n) is 5.96. The molecule has 0 aromatic heterocycles. The summed E-state index contributed by atoms with van der Waals surface area (Å²) in [5, 5.41) is 0.669. The number of aryl methyl sites for hydroxylation is 4. The first-order valence-corrected chi connectivity index (χ1v) is 15.2. The van der Waals surface area contributed by atoms with Crippen molar-refractivity contribution in [1.29, 1.82) is 0 Å². The average Bonchev–Trinajstić information content (AvgIpc) is 2.93. The first kappa shape index (κ1) is 28.8. The Morgan fingerprint density at radius 1 is 0.605 bits per heavy atom. The molecule has 0 bridgehead atoms. The Kier molecular flexibility index (Phi) is 11.2. The Balaban J connectivity index is 1.17. The largest absolute Gasteiger partial charge is 0.207 e. The Bertz CT molecular complexity index is 1090. The van der Waals surface area contributed by atoms with Gasteiger partial charge in [0, 0.05) is 10.6 Å². The molecule has 0 heterocycles. The third-order valence-corrected chi connectivity index (χ3v) is 8.77. The summed E-state index contributed by atoms with van der Waals surface area (Å²) in [7, 11) is 0. The summed E-state index contributed by atoms with van der Waals surface area (Å²) in [4.78, 5) is 0. The standard InChI is InChI=1S/C35H43ClF2/c1-2-3-4-5-26-6-8-27(9-7-26)10-11-28-12-14-29(15-13-28)16-17-31-24-34(37)33(35(38)25-31)23-20-30-18-21-32(36)22-19-30/h6-9,18-19,21-22,24-25,28-29H,2-5,10-17,20,23H2,1H3. The molecule has 1 fully saturated rings. The van der Waals surface area contributed by atoms with Crippen LogP contribution in [0.4, 0.5) is 8.78 Å². The van der Waals surface area contributed by atoms with E-state index in [2.05, 4.69) is 31.2 Å². The Hall–Kier alpha value is -2.19. The zero-order chi connectivity index (χ0) is 26.7. The van der Waals surface area contributed by atoms with Crippen molar-refractivity contribution in [1.82, 2.24) is 0 Å². The molecule has 3 heteroatoms. The predicted molar refractivity (Wildman–Crippen MR) is 157 cm³/mol. The van der Waals surface area contributed by atoms with Gasteiger partial charge in [-0.05, 0) is 110 Å². The second kappa shape index (κ2) is 14.8. The molecular formula is C35H43ClF2. The van der Waals surface area contributed by atoms with E-state index in [9.17, 15) is 8.78 Å². The summed E-state index contributed by atoms with van der Waals surface area (Å²) in [6, 6.07) is 19.9. The number of hydrogen-bond donors (Lipinski definition) is 0. The van der Waals surface area contributed by atoms with E-state index < -0.39 is 11.6 Å². The van der Waals surface area contributed by atoms with Gasteiger partial charge in [-0.2, -0.15) is 0 Å². The highest BCUT2D eigenvalue weighted by Crippen LogP contribution is 2.34. The molecule has 1 aliphatic carbocycles. The summed E-state index contributed by atoms with van der Waals surface area (Å²) in [6.45, 7) is 2.25. The molecule has 0 unspecified atom stereocenters. The van der Waals surface area contributed by atoms with Gasteiger partial charge >= 0.3 is 0 Å². The molecule has 0 spiro atoms. The fraction of sp³-hybridized carbons (Fsp3) is 0.486. The molecule has 0 radical (unpaired) electrons. The number of hydrogen-bond acceptors (Lipinski definition) is 0. The van der Waals surface area contributed by atoms with Crippen molar-refractivity contribution in [2.24, 2.45) is 11.8 Å². The Morgan fingerprint density at radius 2 is 1.08 bits per heavy atom. The highest BCUT2D eigenvalue weighted by molar-refractivity contribution is 6.30. The third-order valence-electron chi connectivity index (χ3n) is 8.52. The topological polar surface area (TPSA) is 0 Å². The van der Waals surface area contributed by atoms with E-state index in [1.807, 2.05) is 24.3 Å². The monoisotopic (exact) mass is 536 g/mol. The fourth-order valence-corrected chi connectivity index (χ4v) is 6.09. The summed E-state index contributed by atoms with van der Waals surface area (Å²) >= 11 is 5.93. The van der Waals surface area contributed by atoms with Gasteiger partial charge in [-0.1, -0.05) is 93.4 Å². The summed E-state index contributed by atoms with van der Waals surface area (Å²) < 4.78 is 29.5. The molecule has 1 saturated carbocycles. The molecule has 1 aliphatic rings. The van der Waals surface area contributed by atoms with E-state index in [4.69, 9.17) is 11.6 Å². The smallest absolute Gasteiger partial charge is 0.129 e. The van der Waals surface area contributed by atoms with Crippen LogP contribution < -0.4 is 0 Å². The Labute approximate surface area is 233 Å². The minimum absolute atomic E-state index is 0.190. The molecule has 0 nitrogen and oxygen atoms in total. The van der Waals surface area contributed by atoms with Crippen LogP contribution in [-0.4, -0.2) is 0 Å². The number of unbranched alkanes of at least 4 members (excludes halogenated alkanes) is 2. The van der Waals surface area contributed by atoms with Crippen LogP contribution in [0.15, 0.2) is 60.7 Å². The van der Waals surface area contributed by atoms with Crippen LogP contribution >= 0.6 is 11.6 Å². The van der Waals surface area contributed by atoms with Crippen LogP contribution in [0.2, 0.25) is 5.02 Å². The van der Waals surface area contributed by atoms with Crippen LogP contribution in [0.5, 0.6) is 0 Å². The highest BCUT2D eigenvalue weighted by atomic mass is 35.5. The maximum absolute atomic E-state index is 14.7. The maximum atomic E-state index is 14.7. The van der Waals surface area contributed by atoms with Crippen LogP contribution in [0.1, 0.15) is 92.5 Å². The van der Waals surface area contributed by atoms with Gasteiger partial charge in [0.15, 0.2) is 0 Å². The van der Waals surface area contributed by atoms with Gasteiger partial charge in [0.05, 0.1) is 0 Å². The zero-order valence-corrected chi connectivity index (χ0v) is 23.7. The van der Waals surface area contributed by atoms with Gasteiger partial charge in [-0.25, -0.2) is 8.78 Å². The zero-order valence-electron chi connectivity index (χ0n) is 23.0. The van der Waals surface area contributed by atoms with E-state index in [0.29, 0.717) is 23.8 Å². The lowest BCUT2D eigenvalue weighted by molar-refractivity contribution is 0.253. The minimum atomic E-state index is -0.410. The van der Waals surface area contributed by atoms with Gasteiger partial charge in [-0.3, -0.25) is 0 Å². The van der Waals surface area contributed by atoms with Gasteiger partial charge in [0.1, 0.15) is 11.6 Å². The third kappa shape index (κ3) is 8.94. The predicted octanol–water partition coefficient (Wildman–Crippen LogP) is 10.5. The average molecular weight is 537 g/mol. The summed E-state index contributed by atoms with van der Waals surface area (Å²) in [6.07, 6.45) is 15.3. The second-order valence-corrected chi connectivity index (χ2v) is 11.8. The lowest BCUT2D eigenvalue weighted by atomic mass is 9.77. The van der Waals surface area contributed by atoms with E-state index in [1.165, 1.54) is 75.3 Å². The van der Waals surface area contributed by atoms with Crippen molar-refractivity contribution in [3.8, 4) is 0 Å². The summed E-state index contributed by atoms with van der Waals surface area (Å²) in [5.41, 5.74) is 4.94. The quantitative estimate of drug-likeness (QED) is 0.190. The maximum Gasteiger partial charge on any atom is 0.129 e. The number of halogens is 3. The number of rotatable bonds is 13. The van der Waals surface area contributed by atoms with Crippen molar-refractivity contribution in [2.75, 3.05) is 0 Å². The molecule has 204 valence electrons. The normalized spacial score (nSPS) is 17.6. The van der Waals surface area contributed by atoms with Gasteiger partial charge in [-0.15, -0.1) is 0 Å². The van der Waals surface area contributed by atoms with E-state index in [0.717, 1.165) is 29.9 Å². The lowest BCUT2D eigenvalue weighted by Crippen LogP contribution is -2.16. The van der Waals surface area contributed by atoms with Gasteiger partial charge in [0.2, 0.25) is 0 Å². The molecule has 38 heavy (non-hydrogen) atoms. The van der Waals surface area contributed by atoms with Gasteiger partial charge < -0.3 is 0 Å². The lowest BCUT2D eigenvalue weighted by Gasteiger charge is -2.28. The van der Waals surface area contributed by atoms with Crippen molar-refractivity contribution in [2.45, 2.75) is 96.8 Å².